The number of carbonyl (C=O) groups is 2. The number of carbonyl (C=O) groups excluding carboxylic acids is 2. The molecule has 2 amide bonds. The summed E-state index contributed by atoms with van der Waals surface area (Å²) in [6.45, 7) is 1.63. The van der Waals surface area contributed by atoms with Crippen molar-refractivity contribution in [2.45, 2.75) is 38.5 Å². The lowest BCUT2D eigenvalue weighted by molar-refractivity contribution is -0.142. The molecule has 1 saturated heterocycles. The van der Waals surface area contributed by atoms with Crippen molar-refractivity contribution in [1.29, 1.82) is 0 Å². The Morgan fingerprint density at radius 1 is 1.23 bits per heavy atom. The fourth-order valence-electron chi connectivity index (χ4n) is 3.02. The maximum absolute atomic E-state index is 12.1. The van der Waals surface area contributed by atoms with Gasteiger partial charge in [0.05, 0.1) is 13.1 Å². The van der Waals surface area contributed by atoms with E-state index in [0.717, 1.165) is 24.0 Å². The highest BCUT2D eigenvalue weighted by Gasteiger charge is 2.26. The number of benzene rings is 1. The second-order valence-electron chi connectivity index (χ2n) is 6.57. The van der Waals surface area contributed by atoms with Gasteiger partial charge in [0.1, 0.15) is 6.10 Å². The summed E-state index contributed by atoms with van der Waals surface area (Å²) in [6, 6.07) is 9.85. The Balaban J connectivity index is 1.47. The van der Waals surface area contributed by atoms with Crippen molar-refractivity contribution < 1.29 is 14.7 Å². The Hall–Kier alpha value is -2.67. The second-order valence-corrected chi connectivity index (χ2v) is 6.57. The highest BCUT2D eigenvalue weighted by Crippen LogP contribution is 2.12. The van der Waals surface area contributed by atoms with Crippen molar-refractivity contribution in [2.24, 2.45) is 0 Å². The van der Waals surface area contributed by atoms with Crippen LogP contribution in [-0.2, 0) is 22.7 Å². The van der Waals surface area contributed by atoms with Gasteiger partial charge in [-0.2, -0.15) is 5.10 Å². The molecule has 0 aliphatic carbocycles. The number of hydrogen-bond donors (Lipinski definition) is 2. The standard InChI is InChI=1S/C19H24N4O3/c24-17-4-1-2-10-22(19(17)26)14-18(25)20-12-15-5-7-16(8-6-15)13-23-11-3-9-21-23/h3,5-9,11,17,24H,1-2,4,10,12-14H2,(H,20,25). The van der Waals surface area contributed by atoms with Gasteiger partial charge in [-0.3, -0.25) is 14.3 Å². The van der Waals surface area contributed by atoms with Crippen molar-refractivity contribution in [1.82, 2.24) is 20.0 Å². The van der Waals surface area contributed by atoms with E-state index in [1.165, 1.54) is 4.90 Å². The van der Waals surface area contributed by atoms with Crippen LogP contribution in [0.2, 0.25) is 0 Å². The molecule has 0 saturated carbocycles. The van der Waals surface area contributed by atoms with Crippen LogP contribution in [0.3, 0.4) is 0 Å². The van der Waals surface area contributed by atoms with Crippen LogP contribution in [0.1, 0.15) is 30.4 Å². The molecule has 7 heteroatoms. The van der Waals surface area contributed by atoms with Gasteiger partial charge in [-0.15, -0.1) is 0 Å². The van der Waals surface area contributed by atoms with E-state index in [4.69, 9.17) is 0 Å². The van der Waals surface area contributed by atoms with Gasteiger partial charge < -0.3 is 15.3 Å². The zero-order valence-electron chi connectivity index (χ0n) is 14.7. The predicted octanol–water partition coefficient (Wildman–Crippen LogP) is 0.921. The zero-order chi connectivity index (χ0) is 18.4. The molecule has 138 valence electrons. The summed E-state index contributed by atoms with van der Waals surface area (Å²) in [6.07, 6.45) is 4.77. The molecule has 1 fully saturated rings. The maximum atomic E-state index is 12.1. The first-order valence-corrected chi connectivity index (χ1v) is 8.90. The number of amides is 2. The smallest absolute Gasteiger partial charge is 0.251 e. The molecule has 0 bridgehead atoms. The van der Waals surface area contributed by atoms with E-state index < -0.39 is 6.10 Å². The largest absolute Gasteiger partial charge is 0.383 e. The predicted molar refractivity (Wildman–Crippen MR) is 96.1 cm³/mol. The van der Waals surface area contributed by atoms with Crippen LogP contribution >= 0.6 is 0 Å². The summed E-state index contributed by atoms with van der Waals surface area (Å²) in [5.74, 6) is -0.561. The Kier molecular flexibility index (Phi) is 6.01. The molecule has 1 aromatic heterocycles. The minimum Gasteiger partial charge on any atom is -0.383 e. The van der Waals surface area contributed by atoms with Gasteiger partial charge in [0.15, 0.2) is 0 Å². The van der Waals surface area contributed by atoms with Crippen LogP contribution in [0.25, 0.3) is 0 Å². The van der Waals surface area contributed by atoms with Crippen LogP contribution in [-0.4, -0.2) is 50.8 Å². The number of aromatic nitrogens is 2. The van der Waals surface area contributed by atoms with Gasteiger partial charge in [0.25, 0.3) is 5.91 Å². The van der Waals surface area contributed by atoms with Crippen molar-refractivity contribution >= 4 is 11.8 Å². The Morgan fingerprint density at radius 3 is 2.73 bits per heavy atom. The van der Waals surface area contributed by atoms with Gasteiger partial charge in [0, 0.05) is 25.5 Å². The van der Waals surface area contributed by atoms with Crippen LogP contribution < -0.4 is 5.32 Å². The van der Waals surface area contributed by atoms with Gasteiger partial charge in [-0.1, -0.05) is 24.3 Å². The molecular formula is C19H24N4O3. The summed E-state index contributed by atoms with van der Waals surface area (Å²) < 4.78 is 1.85. The fourth-order valence-corrected chi connectivity index (χ4v) is 3.02. The van der Waals surface area contributed by atoms with Crippen LogP contribution in [0.15, 0.2) is 42.7 Å². The summed E-state index contributed by atoms with van der Waals surface area (Å²) in [4.78, 5) is 25.6. The maximum Gasteiger partial charge on any atom is 0.251 e. The molecule has 0 spiro atoms. The van der Waals surface area contributed by atoms with Crippen molar-refractivity contribution in [3.8, 4) is 0 Å². The number of hydrogen-bond acceptors (Lipinski definition) is 4. The lowest BCUT2D eigenvalue weighted by Gasteiger charge is -2.21. The molecule has 1 aromatic carbocycles. The van der Waals surface area contributed by atoms with E-state index in [1.54, 1.807) is 6.20 Å². The van der Waals surface area contributed by atoms with Gasteiger partial charge in [-0.05, 0) is 36.5 Å². The van der Waals surface area contributed by atoms with Crippen LogP contribution in [0.4, 0.5) is 0 Å². The fraction of sp³-hybridized carbons (Fsp3) is 0.421. The number of likely N-dealkylation sites (tertiary alicyclic amines) is 1. The highest BCUT2D eigenvalue weighted by atomic mass is 16.3. The SMILES string of the molecule is O=C(CN1CCCCC(O)C1=O)NCc1ccc(Cn2cccn2)cc1. The minimum atomic E-state index is -0.979. The average molecular weight is 356 g/mol. The number of nitrogens with one attached hydrogen (secondary N) is 1. The third kappa shape index (κ3) is 4.92. The quantitative estimate of drug-likeness (QED) is 0.806. The Morgan fingerprint density at radius 2 is 2.00 bits per heavy atom. The number of aliphatic hydroxyl groups excluding tert-OH is 1. The highest BCUT2D eigenvalue weighted by molar-refractivity contribution is 5.87. The molecule has 2 N–H and O–H groups in total. The van der Waals surface area contributed by atoms with Gasteiger partial charge >= 0.3 is 0 Å². The zero-order valence-corrected chi connectivity index (χ0v) is 14.7. The molecule has 2 aromatic rings. The molecule has 2 heterocycles. The molecule has 7 nitrogen and oxygen atoms in total. The first kappa shape index (κ1) is 18.1. The third-order valence-electron chi connectivity index (χ3n) is 4.50. The molecule has 26 heavy (non-hydrogen) atoms. The van der Waals surface area contributed by atoms with E-state index >= 15 is 0 Å². The lowest BCUT2D eigenvalue weighted by Crippen LogP contribution is -2.44. The van der Waals surface area contributed by atoms with E-state index in [9.17, 15) is 14.7 Å². The van der Waals surface area contributed by atoms with E-state index in [0.29, 0.717) is 26.1 Å². The third-order valence-corrected chi connectivity index (χ3v) is 4.50. The first-order valence-electron chi connectivity index (χ1n) is 8.90. The number of rotatable bonds is 6. The van der Waals surface area contributed by atoms with Crippen molar-refractivity contribution in [2.75, 3.05) is 13.1 Å². The average Bonchev–Trinajstić information content (AvgIpc) is 3.10. The lowest BCUT2D eigenvalue weighted by atomic mass is 10.1. The number of aliphatic hydroxyl groups is 1. The summed E-state index contributed by atoms with van der Waals surface area (Å²) in [5.41, 5.74) is 2.12. The van der Waals surface area contributed by atoms with E-state index in [-0.39, 0.29) is 18.4 Å². The van der Waals surface area contributed by atoms with E-state index in [2.05, 4.69) is 10.4 Å². The van der Waals surface area contributed by atoms with Crippen molar-refractivity contribution in [3.05, 3.63) is 53.9 Å². The molecule has 0 radical (unpaired) electrons. The molecule has 3 rings (SSSR count). The molecule has 1 atom stereocenters. The molecule has 1 aliphatic heterocycles. The normalized spacial score (nSPS) is 17.8. The second kappa shape index (κ2) is 8.62. The molecule has 1 unspecified atom stereocenters. The Bertz CT molecular complexity index is 728. The topological polar surface area (TPSA) is 87.5 Å². The monoisotopic (exact) mass is 356 g/mol. The summed E-state index contributed by atoms with van der Waals surface area (Å²) in [7, 11) is 0. The van der Waals surface area contributed by atoms with Gasteiger partial charge in [0.2, 0.25) is 5.91 Å². The summed E-state index contributed by atoms with van der Waals surface area (Å²) in [5, 5.41) is 16.7. The number of nitrogens with zero attached hydrogens (tertiary/aromatic N) is 3. The van der Waals surface area contributed by atoms with E-state index in [1.807, 2.05) is 41.2 Å². The summed E-state index contributed by atoms with van der Waals surface area (Å²) >= 11 is 0. The van der Waals surface area contributed by atoms with Gasteiger partial charge in [-0.25, -0.2) is 0 Å². The van der Waals surface area contributed by atoms with Crippen LogP contribution in [0, 0.1) is 0 Å². The van der Waals surface area contributed by atoms with Crippen LogP contribution in [0.5, 0.6) is 0 Å². The first-order chi connectivity index (χ1) is 12.6. The Labute approximate surface area is 152 Å². The van der Waals surface area contributed by atoms with Crippen molar-refractivity contribution in [3.63, 3.8) is 0 Å². The molecular weight excluding hydrogens is 332 g/mol. The molecule has 1 aliphatic rings. The minimum absolute atomic E-state index is 0.00667.